The molecule has 2 heterocycles. The first-order chi connectivity index (χ1) is 16.7. The fourth-order valence-electron chi connectivity index (χ4n) is 4.35. The van der Waals surface area contributed by atoms with E-state index >= 15 is 0 Å². The maximum absolute atomic E-state index is 13.1. The lowest BCUT2D eigenvalue weighted by atomic mass is 9.86. The maximum Gasteiger partial charge on any atom is 0.257 e. The van der Waals surface area contributed by atoms with E-state index in [0.29, 0.717) is 17.9 Å². The lowest BCUT2D eigenvalue weighted by Gasteiger charge is -2.43. The molecule has 1 atom stereocenters. The molecule has 4 rings (SSSR count). The number of carbonyl (C=O) groups is 1. The minimum absolute atomic E-state index is 0.0264. The third-order valence-corrected chi connectivity index (χ3v) is 6.12. The molecule has 6 heteroatoms. The van der Waals surface area contributed by atoms with Crippen LogP contribution in [-0.2, 0) is 9.63 Å². The van der Waals surface area contributed by atoms with E-state index in [1.165, 1.54) is 19.3 Å². The van der Waals surface area contributed by atoms with Crippen LogP contribution in [0.4, 0.5) is 5.69 Å². The van der Waals surface area contributed by atoms with Gasteiger partial charge in [0.25, 0.3) is 5.91 Å². The molecule has 1 unspecified atom stereocenters. The van der Waals surface area contributed by atoms with Crippen molar-refractivity contribution in [3.8, 4) is 5.75 Å². The van der Waals surface area contributed by atoms with Gasteiger partial charge in [0.15, 0.2) is 0 Å². The molecule has 0 bridgehead atoms. The van der Waals surface area contributed by atoms with Gasteiger partial charge in [-0.2, -0.15) is 0 Å². The number of benzene rings is 2. The first-order valence-corrected chi connectivity index (χ1v) is 12.0. The fraction of sp³-hybridized carbons (Fsp3) is 0.357. The molecule has 178 valence electrons. The van der Waals surface area contributed by atoms with Crippen molar-refractivity contribution in [3.63, 3.8) is 0 Å². The lowest BCUT2D eigenvalue weighted by Crippen LogP contribution is -2.49. The van der Waals surface area contributed by atoms with Gasteiger partial charge in [-0.15, -0.1) is 0 Å². The molecule has 1 amide bonds. The monoisotopic (exact) mass is 459 g/mol. The highest BCUT2D eigenvalue weighted by Gasteiger charge is 2.43. The van der Waals surface area contributed by atoms with Crippen LogP contribution in [0.5, 0.6) is 5.75 Å². The fourth-order valence-corrected chi connectivity index (χ4v) is 4.35. The summed E-state index contributed by atoms with van der Waals surface area (Å²) in [5, 5.41) is 4.25. The molecule has 0 radical (unpaired) electrons. The number of hydrogen-bond acceptors (Lipinski definition) is 5. The van der Waals surface area contributed by atoms with Gasteiger partial charge in [0.05, 0.1) is 18.9 Å². The molecule has 1 saturated heterocycles. The number of allylic oxidation sites excluding steroid dienone is 2. The third-order valence-electron chi connectivity index (χ3n) is 6.12. The molecule has 0 saturated carbocycles. The van der Waals surface area contributed by atoms with Gasteiger partial charge in [-0.05, 0) is 68.3 Å². The second-order valence-electron chi connectivity index (χ2n) is 8.62. The zero-order valence-corrected chi connectivity index (χ0v) is 20.0. The van der Waals surface area contributed by atoms with Gasteiger partial charge in [0.1, 0.15) is 12.4 Å². The molecule has 34 heavy (non-hydrogen) atoms. The molecular formula is C28H33N3O3. The van der Waals surface area contributed by atoms with E-state index < -0.39 is 0 Å². The van der Waals surface area contributed by atoms with E-state index in [1.807, 2.05) is 72.5 Å². The molecule has 1 fully saturated rings. The van der Waals surface area contributed by atoms with Crippen molar-refractivity contribution in [1.29, 1.82) is 0 Å². The van der Waals surface area contributed by atoms with Crippen LogP contribution >= 0.6 is 0 Å². The van der Waals surface area contributed by atoms with Crippen molar-refractivity contribution in [2.75, 3.05) is 31.7 Å². The molecule has 2 aromatic carbocycles. The van der Waals surface area contributed by atoms with E-state index in [0.717, 1.165) is 36.5 Å². The summed E-state index contributed by atoms with van der Waals surface area (Å²) in [7, 11) is 1.63. The van der Waals surface area contributed by atoms with Crippen molar-refractivity contribution in [1.82, 2.24) is 4.90 Å². The smallest absolute Gasteiger partial charge is 0.257 e. The Bertz CT molecular complexity index is 1040. The molecule has 0 N–H and O–H groups in total. The molecule has 2 aromatic rings. The average Bonchev–Trinajstić information content (AvgIpc) is 3.15. The number of oxime groups is 1. The van der Waals surface area contributed by atoms with Crippen molar-refractivity contribution in [2.45, 2.75) is 38.6 Å². The van der Waals surface area contributed by atoms with Gasteiger partial charge in [0, 0.05) is 30.8 Å². The Balaban J connectivity index is 1.41. The molecule has 0 aromatic heterocycles. The Kier molecular flexibility index (Phi) is 8.02. The summed E-state index contributed by atoms with van der Waals surface area (Å²) in [5.74, 6) is 0.734. The third kappa shape index (κ3) is 5.68. The number of anilines is 1. The number of methoxy groups -OCH3 is 1. The summed E-state index contributed by atoms with van der Waals surface area (Å²) in [6, 6.07) is 17.4. The molecule has 0 aliphatic carbocycles. The van der Waals surface area contributed by atoms with Gasteiger partial charge in [-0.3, -0.25) is 9.69 Å². The van der Waals surface area contributed by atoms with Crippen LogP contribution in [0.25, 0.3) is 0 Å². The van der Waals surface area contributed by atoms with E-state index in [2.05, 4.69) is 22.3 Å². The highest BCUT2D eigenvalue weighted by molar-refractivity contribution is 6.18. The van der Waals surface area contributed by atoms with Gasteiger partial charge in [-0.1, -0.05) is 41.6 Å². The summed E-state index contributed by atoms with van der Waals surface area (Å²) in [5.41, 5.74) is 3.29. The van der Waals surface area contributed by atoms with Crippen LogP contribution in [0.15, 0.2) is 83.7 Å². The van der Waals surface area contributed by atoms with Crippen molar-refractivity contribution < 1.29 is 14.4 Å². The quantitative estimate of drug-likeness (QED) is 0.164. The normalized spacial score (nSPS) is 19.7. The number of carbonyl (C=O) groups excluding carboxylic acids is 1. The topological polar surface area (TPSA) is 54.4 Å². The summed E-state index contributed by atoms with van der Waals surface area (Å²) < 4.78 is 5.26. The van der Waals surface area contributed by atoms with E-state index in [4.69, 9.17) is 9.57 Å². The highest BCUT2D eigenvalue weighted by Crippen LogP contribution is 2.43. The summed E-state index contributed by atoms with van der Waals surface area (Å²) >= 11 is 0. The first kappa shape index (κ1) is 23.6. The highest BCUT2D eigenvalue weighted by atomic mass is 16.6. The van der Waals surface area contributed by atoms with Gasteiger partial charge < -0.3 is 14.5 Å². The number of nitrogens with zero attached hydrogens (tertiary/aromatic N) is 3. The predicted molar refractivity (Wildman–Crippen MR) is 136 cm³/mol. The molecule has 6 nitrogen and oxygen atoms in total. The largest absolute Gasteiger partial charge is 0.497 e. The minimum atomic E-state index is -0.165. The molecular weight excluding hydrogens is 426 g/mol. The summed E-state index contributed by atoms with van der Waals surface area (Å²) in [6.07, 6.45) is 10.9. The second-order valence-corrected chi connectivity index (χ2v) is 8.62. The number of amides is 1. The summed E-state index contributed by atoms with van der Waals surface area (Å²) in [4.78, 5) is 22.8. The molecule has 2 aliphatic heterocycles. The van der Waals surface area contributed by atoms with E-state index in [9.17, 15) is 4.79 Å². The maximum atomic E-state index is 13.1. The Hall–Kier alpha value is -3.54. The van der Waals surface area contributed by atoms with Crippen LogP contribution < -0.4 is 9.64 Å². The Morgan fingerprint density at radius 3 is 2.68 bits per heavy atom. The molecule has 2 aliphatic rings. The minimum Gasteiger partial charge on any atom is -0.497 e. The first-order valence-electron chi connectivity index (χ1n) is 12.0. The van der Waals surface area contributed by atoms with Crippen molar-refractivity contribution >= 4 is 17.3 Å². The number of hydrogen-bond donors (Lipinski definition) is 0. The van der Waals surface area contributed by atoms with Crippen molar-refractivity contribution in [2.24, 2.45) is 5.16 Å². The average molecular weight is 460 g/mol. The second kappa shape index (κ2) is 11.5. The standard InChI is InChI=1S/C28H33N3O3/c1-22(29-34-20-10-19-30-17-8-3-4-9-18-30)21-26-27(23-11-6-5-7-12-23)31(28(26)32)24-13-15-25(33-2)16-14-24/h5-8,11-17,21,27H,3-4,9-10,18-20H2,1-2H3/b26-21+,29-22-. The van der Waals surface area contributed by atoms with E-state index in [1.54, 1.807) is 7.11 Å². The van der Waals surface area contributed by atoms with Gasteiger partial charge in [0.2, 0.25) is 0 Å². The Morgan fingerprint density at radius 2 is 1.91 bits per heavy atom. The predicted octanol–water partition coefficient (Wildman–Crippen LogP) is 5.49. The Labute approximate surface area is 202 Å². The zero-order valence-electron chi connectivity index (χ0n) is 20.0. The number of rotatable bonds is 9. The van der Waals surface area contributed by atoms with Crippen LogP contribution in [0.1, 0.15) is 44.2 Å². The van der Waals surface area contributed by atoms with Crippen LogP contribution in [0, 0.1) is 0 Å². The van der Waals surface area contributed by atoms with Crippen LogP contribution in [0.3, 0.4) is 0 Å². The SMILES string of the molecule is COc1ccc(N2C(=O)/C(=C/C(C)=N\OCCCN3C=CCCCC3)C2c2ccccc2)cc1. The van der Waals surface area contributed by atoms with Crippen LogP contribution in [-0.4, -0.2) is 43.3 Å². The number of β-lactam (4-membered cyclic amide) rings is 1. The number of ether oxygens (including phenoxy) is 1. The zero-order chi connectivity index (χ0) is 23.8. The van der Waals surface area contributed by atoms with Gasteiger partial charge >= 0.3 is 0 Å². The molecule has 0 spiro atoms. The van der Waals surface area contributed by atoms with Crippen LogP contribution in [0.2, 0.25) is 0 Å². The van der Waals surface area contributed by atoms with Crippen molar-refractivity contribution in [3.05, 3.63) is 84.1 Å². The summed E-state index contributed by atoms with van der Waals surface area (Å²) in [6.45, 7) is 4.50. The van der Waals surface area contributed by atoms with Gasteiger partial charge in [-0.25, -0.2) is 0 Å². The Morgan fingerprint density at radius 1 is 1.12 bits per heavy atom. The lowest BCUT2D eigenvalue weighted by molar-refractivity contribution is -0.119. The van der Waals surface area contributed by atoms with E-state index in [-0.39, 0.29) is 11.9 Å².